The molecule has 0 aromatic heterocycles. The molecule has 0 unspecified atom stereocenters. The van der Waals surface area contributed by atoms with Crippen LogP contribution in [0.15, 0.2) is 4.99 Å². The summed E-state index contributed by atoms with van der Waals surface area (Å²) in [5.41, 5.74) is 0. The fourth-order valence-corrected chi connectivity index (χ4v) is 8.11. The van der Waals surface area contributed by atoms with E-state index in [-0.39, 0.29) is 31.4 Å². The van der Waals surface area contributed by atoms with Crippen LogP contribution in [0.5, 0.6) is 0 Å². The fraction of sp³-hybridized carbons (Fsp3) is 0.939. The number of carbonyl (C=O) groups excluding carboxylic acids is 2. The van der Waals surface area contributed by atoms with E-state index < -0.39 is 10.2 Å². The molecule has 0 amide bonds. The van der Waals surface area contributed by atoms with E-state index in [2.05, 4.69) is 35.4 Å². The third kappa shape index (κ3) is 44.5. The Balaban J connectivity index is 0. The minimum absolute atomic E-state index is 0. The molecule has 0 heterocycles. The molecule has 0 rings (SSSR count). The first-order valence-corrected chi connectivity index (χ1v) is 26.7. The van der Waals surface area contributed by atoms with Gasteiger partial charge in [-0.05, 0) is 83.8 Å². The van der Waals surface area contributed by atoms with Gasteiger partial charge in [-0.1, -0.05) is 169 Å². The molecule has 11 nitrogen and oxygen atoms in total. The number of esters is 2. The second-order valence-corrected chi connectivity index (χ2v) is 18.8. The third-order valence-corrected chi connectivity index (χ3v) is 11.8. The molecule has 364 valence electrons. The summed E-state index contributed by atoms with van der Waals surface area (Å²) in [5, 5.41) is 5.18. The number of rotatable bonds is 44. The summed E-state index contributed by atoms with van der Waals surface area (Å²) < 4.78 is 36.9. The molecule has 0 bridgehead atoms. The molecule has 0 aromatic carbocycles. The van der Waals surface area contributed by atoms with Crippen LogP contribution in [0.25, 0.3) is 0 Å². The summed E-state index contributed by atoms with van der Waals surface area (Å²) in [6, 6.07) is 0. The van der Waals surface area contributed by atoms with Crippen LogP contribution in [-0.2, 0) is 29.3 Å². The Bertz CT molecular complexity index is 1110. The number of hydrogen-bond donors (Lipinski definition) is 2. The maximum atomic E-state index is 12.9. The Kier molecular flexibility index (Phi) is 44.8. The Hall–Kier alpha value is -1.92. The maximum absolute atomic E-state index is 12.9. The number of hydrogen-bond acceptors (Lipinski definition) is 8. The van der Waals surface area contributed by atoms with Crippen molar-refractivity contribution in [2.24, 2.45) is 10.1 Å². The van der Waals surface area contributed by atoms with E-state index in [0.29, 0.717) is 26.0 Å². The van der Waals surface area contributed by atoms with Crippen molar-refractivity contribution >= 4 is 28.1 Å². The van der Waals surface area contributed by atoms with Crippen LogP contribution in [0.2, 0.25) is 0 Å². The zero-order chi connectivity index (χ0) is 44.4. The molecule has 0 atom stereocenters. The Labute approximate surface area is 378 Å². The van der Waals surface area contributed by atoms with Gasteiger partial charge in [-0.3, -0.25) is 14.6 Å². The second kappa shape index (κ2) is 44.7. The number of guanidine groups is 1. The van der Waals surface area contributed by atoms with Crippen LogP contribution < -0.4 is 9.86 Å². The summed E-state index contributed by atoms with van der Waals surface area (Å²) in [7, 11) is -0.422. The van der Waals surface area contributed by atoms with E-state index in [1.54, 1.807) is 19.0 Å². The van der Waals surface area contributed by atoms with Crippen molar-refractivity contribution in [3.8, 4) is 0 Å². The minimum Gasteiger partial charge on any atom is -0.466 e. The highest BCUT2D eigenvalue weighted by molar-refractivity contribution is 7.87. The van der Waals surface area contributed by atoms with Gasteiger partial charge in [-0.25, -0.2) is 9.86 Å². The molecule has 0 radical (unpaired) electrons. The van der Waals surface area contributed by atoms with Gasteiger partial charge in [0.05, 0.1) is 6.61 Å². The summed E-state index contributed by atoms with van der Waals surface area (Å²) in [6.07, 6.45) is 38.1. The minimum atomic E-state index is -3.89. The number of nitrogens with one attached hydrogen (secondary N) is 1. The van der Waals surface area contributed by atoms with Gasteiger partial charge in [0.15, 0.2) is 0 Å². The van der Waals surface area contributed by atoms with Gasteiger partial charge in [0.2, 0.25) is 5.96 Å². The highest BCUT2D eigenvalue weighted by Gasteiger charge is 2.15. The van der Waals surface area contributed by atoms with Crippen molar-refractivity contribution < 1.29 is 27.5 Å². The van der Waals surface area contributed by atoms with Crippen molar-refractivity contribution in [2.75, 3.05) is 46.9 Å². The standard InChI is InChI=1S/C48H97N5O6S.CH4/c1-6-9-12-15-18-27-34-44-58-46(54)38-30-23-19-25-32-41-53(43-35-40-50-48(52(4)5)51-60(49,56)57)42-33-26-20-24-31-39-47(55)59-45(36-28-21-16-13-10-7-2)37-29-22-17-14-11-8-3;/h45H,6-44H2,1-5H3,(H,50,51)(H2,49,56,57);1H4. The van der Waals surface area contributed by atoms with E-state index in [4.69, 9.17) is 14.6 Å². The lowest BCUT2D eigenvalue weighted by atomic mass is 10.0. The van der Waals surface area contributed by atoms with Crippen LogP contribution in [0.4, 0.5) is 0 Å². The quantitative estimate of drug-likeness (QED) is 0.0266. The number of nitrogens with two attached hydrogens (primary N) is 1. The van der Waals surface area contributed by atoms with E-state index >= 15 is 0 Å². The van der Waals surface area contributed by atoms with Crippen molar-refractivity contribution in [3.05, 3.63) is 0 Å². The van der Waals surface area contributed by atoms with Crippen LogP contribution >= 0.6 is 0 Å². The normalized spacial score (nSPS) is 11.9. The van der Waals surface area contributed by atoms with Gasteiger partial charge < -0.3 is 19.3 Å². The van der Waals surface area contributed by atoms with E-state index in [1.165, 1.54) is 96.3 Å². The lowest BCUT2D eigenvalue weighted by molar-refractivity contribution is -0.150. The molecule has 0 aliphatic heterocycles. The SMILES string of the molecule is C.CCCCCCCCCOC(=O)CCCCCCCN(CCCCCCCC(=O)OC(CCCCCCCC)CCCCCCCC)CCCN=C(NS(N)(=O)=O)N(C)C. The highest BCUT2D eigenvalue weighted by atomic mass is 32.2. The summed E-state index contributed by atoms with van der Waals surface area (Å²) in [4.78, 5) is 33.6. The van der Waals surface area contributed by atoms with Crippen molar-refractivity contribution in [1.82, 2.24) is 14.5 Å². The van der Waals surface area contributed by atoms with Crippen molar-refractivity contribution in [2.45, 2.75) is 253 Å². The molecular weight excluding hydrogens is 787 g/mol. The first-order chi connectivity index (χ1) is 29.0. The summed E-state index contributed by atoms with van der Waals surface area (Å²) in [6.45, 7) is 10.7. The molecule has 0 saturated carbocycles. The van der Waals surface area contributed by atoms with Gasteiger partial charge in [0.1, 0.15) is 6.10 Å². The first kappa shape index (κ1) is 61.2. The molecule has 61 heavy (non-hydrogen) atoms. The summed E-state index contributed by atoms with van der Waals surface area (Å²) >= 11 is 0. The number of ether oxygens (including phenoxy) is 2. The van der Waals surface area contributed by atoms with E-state index in [0.717, 1.165) is 129 Å². The van der Waals surface area contributed by atoms with Gasteiger partial charge in [-0.2, -0.15) is 8.42 Å². The monoisotopic (exact) mass is 888 g/mol. The fourth-order valence-electron chi connectivity index (χ4n) is 7.61. The maximum Gasteiger partial charge on any atom is 0.306 e. The number of nitrogens with zero attached hydrogens (tertiary/aromatic N) is 3. The zero-order valence-electron chi connectivity index (χ0n) is 39.9. The Morgan fingerprint density at radius 2 is 0.951 bits per heavy atom. The third-order valence-electron chi connectivity index (χ3n) is 11.3. The van der Waals surface area contributed by atoms with E-state index in [1.807, 2.05) is 0 Å². The average molecular weight is 888 g/mol. The topological polar surface area (TPSA) is 144 Å². The molecular formula is C49H101N5O6S. The van der Waals surface area contributed by atoms with Gasteiger partial charge in [0.25, 0.3) is 10.2 Å². The van der Waals surface area contributed by atoms with E-state index in [9.17, 15) is 18.0 Å². The Morgan fingerprint density at radius 1 is 0.557 bits per heavy atom. The van der Waals surface area contributed by atoms with Gasteiger partial charge >= 0.3 is 11.9 Å². The smallest absolute Gasteiger partial charge is 0.306 e. The van der Waals surface area contributed by atoms with Crippen LogP contribution in [0.1, 0.15) is 247 Å². The zero-order valence-corrected chi connectivity index (χ0v) is 40.7. The van der Waals surface area contributed by atoms with Crippen LogP contribution in [-0.4, -0.2) is 89.1 Å². The molecule has 0 aliphatic rings. The Morgan fingerprint density at radius 3 is 1.41 bits per heavy atom. The van der Waals surface area contributed by atoms with Crippen LogP contribution in [0.3, 0.4) is 0 Å². The first-order valence-electron chi connectivity index (χ1n) is 25.1. The molecule has 12 heteroatoms. The number of carbonyl (C=O) groups is 2. The van der Waals surface area contributed by atoms with Crippen molar-refractivity contribution in [1.29, 1.82) is 0 Å². The van der Waals surface area contributed by atoms with Gasteiger partial charge in [-0.15, -0.1) is 0 Å². The predicted molar refractivity (Wildman–Crippen MR) is 260 cm³/mol. The predicted octanol–water partition coefficient (Wildman–Crippen LogP) is 12.4. The number of aliphatic imine (C=N–C) groups is 1. The highest BCUT2D eigenvalue weighted by Crippen LogP contribution is 2.19. The van der Waals surface area contributed by atoms with Crippen molar-refractivity contribution in [3.63, 3.8) is 0 Å². The summed E-state index contributed by atoms with van der Waals surface area (Å²) in [5.74, 6) is 0.166. The van der Waals surface area contributed by atoms with Gasteiger partial charge in [0, 0.05) is 33.5 Å². The number of unbranched alkanes of at least 4 members (excludes halogenated alkanes) is 24. The lowest BCUT2D eigenvalue weighted by Crippen LogP contribution is -2.43. The molecule has 0 aliphatic carbocycles. The lowest BCUT2D eigenvalue weighted by Gasteiger charge is -2.22. The average Bonchev–Trinajstić information content (AvgIpc) is 3.20. The van der Waals surface area contributed by atoms with Crippen LogP contribution in [0, 0.1) is 0 Å². The molecule has 0 spiro atoms. The largest absolute Gasteiger partial charge is 0.466 e. The second-order valence-electron chi connectivity index (χ2n) is 17.5. The molecule has 3 N–H and O–H groups in total. The molecule has 0 aromatic rings. The molecule has 0 fully saturated rings. The molecule has 0 saturated heterocycles.